The highest BCUT2D eigenvalue weighted by molar-refractivity contribution is 5.97. The average Bonchev–Trinajstić information content (AvgIpc) is 3.08. The molecular weight excluding hydrogens is 576 g/mol. The lowest BCUT2D eigenvalue weighted by Gasteiger charge is -2.36. The Labute approximate surface area is 265 Å². The molecule has 2 aliphatic rings. The summed E-state index contributed by atoms with van der Waals surface area (Å²) in [5, 5.41) is 15.5. The van der Waals surface area contributed by atoms with E-state index in [9.17, 15) is 24.3 Å². The Kier molecular flexibility index (Phi) is 12.6. The first-order chi connectivity index (χ1) is 21.8. The van der Waals surface area contributed by atoms with Crippen LogP contribution in [-0.2, 0) is 14.3 Å². The average molecular weight is 623 g/mol. The molecule has 0 saturated carbocycles. The third-order valence-corrected chi connectivity index (χ3v) is 8.45. The van der Waals surface area contributed by atoms with Crippen molar-refractivity contribution >= 4 is 29.6 Å². The first-order valence-corrected chi connectivity index (χ1v) is 16.0. The molecule has 3 amide bonds. The number of aliphatic carboxylic acids is 1. The molecule has 4 rings (SSSR count). The molecule has 12 heteroatoms. The molecule has 1 aromatic heterocycles. The maximum atomic E-state index is 13.7. The summed E-state index contributed by atoms with van der Waals surface area (Å²) in [6.07, 6.45) is 4.01. The van der Waals surface area contributed by atoms with Gasteiger partial charge in [-0.3, -0.25) is 14.4 Å². The molecule has 45 heavy (non-hydrogen) atoms. The Morgan fingerprint density at radius 3 is 2.31 bits per heavy atom. The number of nitrogens with one attached hydrogen (secondary N) is 2. The van der Waals surface area contributed by atoms with Crippen molar-refractivity contribution in [3.05, 3.63) is 48.2 Å². The van der Waals surface area contributed by atoms with Crippen molar-refractivity contribution in [2.45, 2.75) is 64.0 Å². The van der Waals surface area contributed by atoms with Crippen molar-refractivity contribution in [2.24, 2.45) is 0 Å². The standard InChI is InChI=1S/C33H46N6O6/c1-3-4-8-21-45-33(44)39-19-17-38(18-20-39)32(43)27(11-12-30(40)41)36-31(42)29-23-26(37-15-13-25(34-2)14-16-37)22-28(35-29)24-9-6-5-7-10-24/h5-7,9-10,22-23,25,27,34H,3-4,8,11-21H2,1-2H3,(H,36,42)(H,40,41)/t27-/m0/s1. The first kappa shape index (κ1) is 33.7. The number of carboxylic acids is 1. The summed E-state index contributed by atoms with van der Waals surface area (Å²) in [5.41, 5.74) is 2.53. The van der Waals surface area contributed by atoms with Crippen molar-refractivity contribution in [1.29, 1.82) is 0 Å². The van der Waals surface area contributed by atoms with Crippen LogP contribution < -0.4 is 15.5 Å². The lowest BCUT2D eigenvalue weighted by Crippen LogP contribution is -2.56. The molecule has 1 aromatic carbocycles. The number of ether oxygens (including phenoxy) is 1. The van der Waals surface area contributed by atoms with E-state index in [2.05, 4.69) is 27.4 Å². The van der Waals surface area contributed by atoms with Crippen molar-refractivity contribution in [1.82, 2.24) is 25.4 Å². The number of piperazine rings is 1. The molecule has 0 radical (unpaired) electrons. The maximum Gasteiger partial charge on any atom is 0.409 e. The molecule has 12 nitrogen and oxygen atoms in total. The number of hydrogen-bond donors (Lipinski definition) is 3. The number of hydrogen-bond acceptors (Lipinski definition) is 8. The summed E-state index contributed by atoms with van der Waals surface area (Å²) < 4.78 is 5.35. The van der Waals surface area contributed by atoms with Crippen LogP contribution in [0, 0.1) is 0 Å². The van der Waals surface area contributed by atoms with E-state index in [0.29, 0.717) is 31.4 Å². The van der Waals surface area contributed by atoms with Gasteiger partial charge in [-0.15, -0.1) is 0 Å². The van der Waals surface area contributed by atoms with Crippen molar-refractivity contribution in [3.63, 3.8) is 0 Å². The van der Waals surface area contributed by atoms with Crippen molar-refractivity contribution in [3.8, 4) is 11.3 Å². The molecule has 1 atom stereocenters. The van der Waals surface area contributed by atoms with Crippen LogP contribution in [0.1, 0.15) is 62.4 Å². The number of unbranched alkanes of at least 4 members (excludes halogenated alkanes) is 2. The van der Waals surface area contributed by atoms with E-state index in [0.717, 1.165) is 56.4 Å². The second-order valence-corrected chi connectivity index (χ2v) is 11.6. The normalized spacial score (nSPS) is 16.3. The number of nitrogens with zero attached hydrogens (tertiary/aromatic N) is 4. The quantitative estimate of drug-likeness (QED) is 0.287. The predicted octanol–water partition coefficient (Wildman–Crippen LogP) is 3.37. The number of anilines is 1. The van der Waals surface area contributed by atoms with Gasteiger partial charge in [0, 0.05) is 63.0 Å². The smallest absolute Gasteiger partial charge is 0.409 e. The number of pyridine rings is 1. The number of carboxylic acid groups (broad SMARTS) is 1. The number of piperidine rings is 1. The van der Waals surface area contributed by atoms with Crippen molar-refractivity contribution < 1.29 is 29.0 Å². The van der Waals surface area contributed by atoms with Gasteiger partial charge in [0.2, 0.25) is 5.91 Å². The fourth-order valence-electron chi connectivity index (χ4n) is 5.69. The first-order valence-electron chi connectivity index (χ1n) is 16.0. The number of amides is 3. The lowest BCUT2D eigenvalue weighted by atomic mass is 10.0. The maximum absolute atomic E-state index is 13.7. The minimum absolute atomic E-state index is 0.0671. The zero-order valence-electron chi connectivity index (χ0n) is 26.4. The molecule has 244 valence electrons. The van der Waals surface area contributed by atoms with Gasteiger partial charge in [-0.25, -0.2) is 9.78 Å². The second kappa shape index (κ2) is 16.8. The van der Waals surface area contributed by atoms with Crippen LogP contribution in [0.15, 0.2) is 42.5 Å². The van der Waals surface area contributed by atoms with E-state index in [4.69, 9.17) is 4.74 Å². The fraction of sp³-hybridized carbons (Fsp3) is 0.545. The molecule has 0 spiro atoms. The second-order valence-electron chi connectivity index (χ2n) is 11.6. The zero-order chi connectivity index (χ0) is 32.2. The van der Waals surface area contributed by atoms with Gasteiger partial charge in [0.1, 0.15) is 11.7 Å². The summed E-state index contributed by atoms with van der Waals surface area (Å²) in [6, 6.07) is 12.7. The minimum Gasteiger partial charge on any atom is -0.481 e. The molecule has 3 N–H and O–H groups in total. The summed E-state index contributed by atoms with van der Waals surface area (Å²) in [5.74, 6) is -1.99. The third-order valence-electron chi connectivity index (χ3n) is 8.45. The summed E-state index contributed by atoms with van der Waals surface area (Å²) in [7, 11) is 1.97. The Morgan fingerprint density at radius 2 is 1.67 bits per heavy atom. The van der Waals surface area contributed by atoms with Gasteiger partial charge in [0.25, 0.3) is 5.91 Å². The van der Waals surface area contributed by atoms with Crippen LogP contribution in [0.2, 0.25) is 0 Å². The predicted molar refractivity (Wildman–Crippen MR) is 171 cm³/mol. The molecule has 2 aromatic rings. The van der Waals surface area contributed by atoms with E-state index in [1.165, 1.54) is 0 Å². The highest BCUT2D eigenvalue weighted by Gasteiger charge is 2.31. The van der Waals surface area contributed by atoms with Crippen LogP contribution in [0.4, 0.5) is 10.5 Å². The van der Waals surface area contributed by atoms with Crippen molar-refractivity contribution in [2.75, 3.05) is 57.8 Å². The Bertz CT molecular complexity index is 1290. The van der Waals surface area contributed by atoms with E-state index >= 15 is 0 Å². The lowest BCUT2D eigenvalue weighted by molar-refractivity contribution is -0.138. The van der Waals surface area contributed by atoms with E-state index in [-0.39, 0.29) is 37.5 Å². The topological polar surface area (TPSA) is 144 Å². The highest BCUT2D eigenvalue weighted by Crippen LogP contribution is 2.27. The molecule has 3 heterocycles. The number of carbonyl (C=O) groups excluding carboxylic acids is 3. The number of rotatable bonds is 13. The van der Waals surface area contributed by atoms with Gasteiger partial charge in [0.05, 0.1) is 12.3 Å². The van der Waals surface area contributed by atoms with Crippen LogP contribution in [0.25, 0.3) is 11.3 Å². The van der Waals surface area contributed by atoms with E-state index < -0.39 is 24.0 Å². The van der Waals surface area contributed by atoms with Crippen LogP contribution in [-0.4, -0.2) is 109 Å². The third kappa shape index (κ3) is 9.65. The Balaban J connectivity index is 1.48. The van der Waals surface area contributed by atoms with Gasteiger partial charge in [0.15, 0.2) is 0 Å². The van der Waals surface area contributed by atoms with E-state index in [1.54, 1.807) is 15.9 Å². The van der Waals surface area contributed by atoms with Crippen LogP contribution in [0.3, 0.4) is 0 Å². The molecule has 2 saturated heterocycles. The molecule has 0 unspecified atom stereocenters. The zero-order valence-corrected chi connectivity index (χ0v) is 26.4. The summed E-state index contributed by atoms with van der Waals surface area (Å²) in [6.45, 7) is 5.21. The van der Waals surface area contributed by atoms with Crippen LogP contribution >= 0.6 is 0 Å². The minimum atomic E-state index is -1.06. The Hall–Kier alpha value is -4.19. The van der Waals surface area contributed by atoms with Gasteiger partial charge in [-0.2, -0.15) is 0 Å². The fourth-order valence-corrected chi connectivity index (χ4v) is 5.69. The molecule has 0 bridgehead atoms. The summed E-state index contributed by atoms with van der Waals surface area (Å²) >= 11 is 0. The number of benzene rings is 1. The highest BCUT2D eigenvalue weighted by atomic mass is 16.6. The largest absolute Gasteiger partial charge is 0.481 e. The molecule has 2 fully saturated rings. The molecule has 0 aliphatic carbocycles. The number of aromatic nitrogens is 1. The molecular formula is C33H46N6O6. The van der Waals surface area contributed by atoms with Crippen LogP contribution in [0.5, 0.6) is 0 Å². The van der Waals surface area contributed by atoms with Gasteiger partial charge < -0.3 is 35.2 Å². The van der Waals surface area contributed by atoms with Gasteiger partial charge in [-0.1, -0.05) is 50.1 Å². The Morgan fingerprint density at radius 1 is 0.978 bits per heavy atom. The van der Waals surface area contributed by atoms with Gasteiger partial charge in [-0.05, 0) is 44.9 Å². The summed E-state index contributed by atoms with van der Waals surface area (Å²) in [4.78, 5) is 61.2. The molecule has 2 aliphatic heterocycles. The van der Waals surface area contributed by atoms with Gasteiger partial charge >= 0.3 is 12.1 Å². The van der Waals surface area contributed by atoms with E-state index in [1.807, 2.05) is 43.4 Å². The monoisotopic (exact) mass is 622 g/mol. The number of carbonyl (C=O) groups is 4. The SMILES string of the molecule is CCCCCOC(=O)N1CCN(C(=O)[C@H](CCC(=O)O)NC(=O)c2cc(N3CCC(NC)CC3)cc(-c3ccccc3)n2)CC1.